The highest BCUT2D eigenvalue weighted by Crippen LogP contribution is 2.25. The van der Waals surface area contributed by atoms with Gasteiger partial charge in [-0.1, -0.05) is 13.8 Å². The predicted molar refractivity (Wildman–Crippen MR) is 83.1 cm³/mol. The van der Waals surface area contributed by atoms with Crippen LogP contribution in [0.3, 0.4) is 0 Å². The Hall–Kier alpha value is -1.24. The Kier molecular flexibility index (Phi) is 5.28. The molecule has 4 nitrogen and oxygen atoms in total. The minimum absolute atomic E-state index is 0.348. The summed E-state index contributed by atoms with van der Waals surface area (Å²) in [5, 5.41) is 19.3. The Balaban J connectivity index is 1.95. The third kappa shape index (κ3) is 4.13. The van der Waals surface area contributed by atoms with E-state index in [4.69, 9.17) is 0 Å². The second kappa shape index (κ2) is 6.97. The summed E-state index contributed by atoms with van der Waals surface area (Å²) in [4.78, 5) is 15.7. The molecule has 108 valence electrons. The van der Waals surface area contributed by atoms with Gasteiger partial charge in [-0.2, -0.15) is 11.3 Å². The maximum atomic E-state index is 11.2. The van der Waals surface area contributed by atoms with Gasteiger partial charge in [-0.25, -0.2) is 4.98 Å². The number of nitrogens with zero attached hydrogens (tertiary/aromatic N) is 1. The molecule has 0 saturated heterocycles. The van der Waals surface area contributed by atoms with Crippen LogP contribution in [0.25, 0.3) is 10.6 Å². The number of rotatable bonds is 7. The van der Waals surface area contributed by atoms with Crippen LogP contribution in [0.1, 0.15) is 26.0 Å². The van der Waals surface area contributed by atoms with Crippen LogP contribution in [-0.2, 0) is 11.3 Å². The van der Waals surface area contributed by atoms with Crippen molar-refractivity contribution >= 4 is 28.6 Å². The predicted octanol–water partition coefficient (Wildman–Crippen LogP) is 3.46. The van der Waals surface area contributed by atoms with Gasteiger partial charge in [-0.3, -0.25) is 10.1 Å². The third-order valence-corrected chi connectivity index (χ3v) is 4.48. The zero-order valence-electron chi connectivity index (χ0n) is 11.5. The summed E-state index contributed by atoms with van der Waals surface area (Å²) < 4.78 is 0. The second-order valence-electron chi connectivity index (χ2n) is 5.06. The van der Waals surface area contributed by atoms with Crippen LogP contribution in [0.4, 0.5) is 0 Å². The van der Waals surface area contributed by atoms with Crippen molar-refractivity contribution < 1.29 is 9.90 Å². The first kappa shape index (κ1) is 15.2. The number of thiazole rings is 1. The van der Waals surface area contributed by atoms with Crippen molar-refractivity contribution in [1.82, 2.24) is 10.3 Å². The van der Waals surface area contributed by atoms with E-state index in [1.807, 2.05) is 30.7 Å². The Morgan fingerprint density at radius 2 is 2.25 bits per heavy atom. The SMILES string of the molecule is CC(C)C[C@H](NCc1csc(-c2ccsc2)n1)C(=O)O. The number of nitrogens with one attached hydrogen (secondary N) is 1. The van der Waals surface area contributed by atoms with Crippen molar-refractivity contribution in [2.45, 2.75) is 32.9 Å². The molecule has 0 radical (unpaired) electrons. The number of carboxylic acid groups (broad SMARTS) is 1. The Labute approximate surface area is 126 Å². The van der Waals surface area contributed by atoms with Gasteiger partial charge in [0.2, 0.25) is 0 Å². The van der Waals surface area contributed by atoms with E-state index in [1.165, 1.54) is 0 Å². The summed E-state index contributed by atoms with van der Waals surface area (Å²) in [5.41, 5.74) is 2.02. The summed E-state index contributed by atoms with van der Waals surface area (Å²) in [6.07, 6.45) is 0.622. The zero-order chi connectivity index (χ0) is 14.5. The van der Waals surface area contributed by atoms with Gasteiger partial charge in [0.25, 0.3) is 0 Å². The fraction of sp³-hybridized carbons (Fsp3) is 0.429. The van der Waals surface area contributed by atoms with Crippen molar-refractivity contribution in [2.24, 2.45) is 5.92 Å². The van der Waals surface area contributed by atoms with Crippen molar-refractivity contribution in [3.05, 3.63) is 27.9 Å². The molecule has 0 unspecified atom stereocenters. The maximum Gasteiger partial charge on any atom is 0.320 e. The first-order valence-corrected chi connectivity index (χ1v) is 8.31. The van der Waals surface area contributed by atoms with Crippen LogP contribution in [0.5, 0.6) is 0 Å². The van der Waals surface area contributed by atoms with E-state index in [9.17, 15) is 9.90 Å². The lowest BCUT2D eigenvalue weighted by atomic mass is 10.0. The number of aromatic nitrogens is 1. The molecule has 1 atom stereocenters. The van der Waals surface area contributed by atoms with Crippen LogP contribution in [0.15, 0.2) is 22.2 Å². The minimum atomic E-state index is -0.799. The van der Waals surface area contributed by atoms with Gasteiger partial charge < -0.3 is 5.11 Å². The van der Waals surface area contributed by atoms with E-state index in [1.54, 1.807) is 22.7 Å². The van der Waals surface area contributed by atoms with Crippen molar-refractivity contribution in [1.29, 1.82) is 0 Å². The molecular weight excluding hydrogens is 292 g/mol. The van der Waals surface area contributed by atoms with E-state index < -0.39 is 12.0 Å². The quantitative estimate of drug-likeness (QED) is 0.822. The summed E-state index contributed by atoms with van der Waals surface area (Å²) in [7, 11) is 0. The molecule has 0 amide bonds. The van der Waals surface area contributed by atoms with Gasteiger partial charge in [0.1, 0.15) is 11.0 Å². The van der Waals surface area contributed by atoms with Gasteiger partial charge in [0.05, 0.1) is 5.69 Å². The highest BCUT2D eigenvalue weighted by molar-refractivity contribution is 7.14. The molecule has 2 aromatic heterocycles. The summed E-state index contributed by atoms with van der Waals surface area (Å²) in [5.74, 6) is -0.451. The average molecular weight is 310 g/mol. The second-order valence-corrected chi connectivity index (χ2v) is 6.70. The maximum absolute atomic E-state index is 11.2. The summed E-state index contributed by atoms with van der Waals surface area (Å²) in [6, 6.07) is 1.53. The molecule has 2 rings (SSSR count). The molecule has 0 aliphatic rings. The monoisotopic (exact) mass is 310 g/mol. The van der Waals surface area contributed by atoms with Crippen LogP contribution < -0.4 is 5.32 Å². The molecule has 20 heavy (non-hydrogen) atoms. The van der Waals surface area contributed by atoms with Gasteiger partial charge >= 0.3 is 5.97 Å². The van der Waals surface area contributed by atoms with E-state index >= 15 is 0 Å². The molecule has 0 aliphatic heterocycles. The van der Waals surface area contributed by atoms with Crippen LogP contribution >= 0.6 is 22.7 Å². The number of carbonyl (C=O) groups is 1. The first-order valence-electron chi connectivity index (χ1n) is 6.49. The fourth-order valence-corrected chi connectivity index (χ4v) is 3.41. The van der Waals surface area contributed by atoms with Crippen LogP contribution in [-0.4, -0.2) is 22.1 Å². The smallest absolute Gasteiger partial charge is 0.320 e. The highest BCUT2D eigenvalue weighted by atomic mass is 32.1. The number of hydrogen-bond donors (Lipinski definition) is 2. The lowest BCUT2D eigenvalue weighted by Gasteiger charge is -2.15. The Morgan fingerprint density at radius 3 is 2.85 bits per heavy atom. The molecule has 6 heteroatoms. The highest BCUT2D eigenvalue weighted by Gasteiger charge is 2.18. The largest absolute Gasteiger partial charge is 0.480 e. The standard InChI is InChI=1S/C14H18N2O2S2/c1-9(2)5-12(14(17)18)15-6-11-8-20-13(16-11)10-3-4-19-7-10/h3-4,7-9,12,15H,5-6H2,1-2H3,(H,17,18)/t12-/m0/s1. The lowest BCUT2D eigenvalue weighted by Crippen LogP contribution is -2.37. The molecule has 0 spiro atoms. The Bertz CT molecular complexity index is 549. The van der Waals surface area contributed by atoms with Crippen LogP contribution in [0.2, 0.25) is 0 Å². The molecule has 0 saturated carbocycles. The Morgan fingerprint density at radius 1 is 1.45 bits per heavy atom. The van der Waals surface area contributed by atoms with Gasteiger partial charge in [0.15, 0.2) is 0 Å². The average Bonchev–Trinajstić information content (AvgIpc) is 3.03. The van der Waals surface area contributed by atoms with Gasteiger partial charge in [-0.05, 0) is 23.8 Å². The topological polar surface area (TPSA) is 62.2 Å². The van der Waals surface area contributed by atoms with E-state index in [2.05, 4.69) is 15.7 Å². The normalized spacial score (nSPS) is 12.8. The number of hydrogen-bond acceptors (Lipinski definition) is 5. The minimum Gasteiger partial charge on any atom is -0.480 e. The zero-order valence-corrected chi connectivity index (χ0v) is 13.1. The van der Waals surface area contributed by atoms with Crippen LogP contribution in [0, 0.1) is 5.92 Å². The molecule has 0 fully saturated rings. The summed E-state index contributed by atoms with van der Waals surface area (Å²) in [6.45, 7) is 4.54. The number of thiophene rings is 1. The number of carboxylic acids is 1. The van der Waals surface area contributed by atoms with E-state index in [-0.39, 0.29) is 0 Å². The molecular formula is C14H18N2O2S2. The van der Waals surface area contributed by atoms with E-state index in [0.717, 1.165) is 16.3 Å². The molecule has 2 N–H and O–H groups in total. The third-order valence-electron chi connectivity index (χ3n) is 2.85. The fourth-order valence-electron chi connectivity index (χ4n) is 1.88. The van der Waals surface area contributed by atoms with Gasteiger partial charge in [0, 0.05) is 22.9 Å². The molecule has 0 aliphatic carbocycles. The lowest BCUT2D eigenvalue weighted by molar-refractivity contribution is -0.140. The van der Waals surface area contributed by atoms with Crippen molar-refractivity contribution in [2.75, 3.05) is 0 Å². The van der Waals surface area contributed by atoms with E-state index in [0.29, 0.717) is 18.9 Å². The summed E-state index contributed by atoms with van der Waals surface area (Å²) >= 11 is 3.24. The van der Waals surface area contributed by atoms with Crippen molar-refractivity contribution in [3.63, 3.8) is 0 Å². The van der Waals surface area contributed by atoms with Crippen molar-refractivity contribution in [3.8, 4) is 10.6 Å². The molecule has 2 aromatic rings. The first-order chi connectivity index (χ1) is 9.56. The molecule has 0 bridgehead atoms. The molecule has 2 heterocycles. The van der Waals surface area contributed by atoms with Gasteiger partial charge in [-0.15, -0.1) is 11.3 Å². The number of aliphatic carboxylic acids is 1. The molecule has 0 aromatic carbocycles.